The van der Waals surface area contributed by atoms with E-state index in [4.69, 9.17) is 9.41 Å². The Balaban J connectivity index is 1.83. The molecule has 0 atom stereocenters. The summed E-state index contributed by atoms with van der Waals surface area (Å²) in [7, 11) is 0. The Kier molecular flexibility index (Phi) is 7.65. The number of guanidine groups is 1. The molecule has 134 valence electrons. The first-order chi connectivity index (χ1) is 11.8. The lowest BCUT2D eigenvalue weighted by Gasteiger charge is -2.36. The third kappa shape index (κ3) is 5.28. The van der Waals surface area contributed by atoms with Crippen LogP contribution in [0.25, 0.3) is 0 Å². The minimum atomic E-state index is -0.0267. The summed E-state index contributed by atoms with van der Waals surface area (Å²) in [6.45, 7) is 9.02. The van der Waals surface area contributed by atoms with Crippen LogP contribution in [0.2, 0.25) is 0 Å². The lowest BCUT2D eigenvalue weighted by molar-refractivity contribution is 0.0657. The number of carbonyl (C=O) groups is 1. The highest BCUT2D eigenvalue weighted by Crippen LogP contribution is 2.10. The van der Waals surface area contributed by atoms with E-state index in [2.05, 4.69) is 24.1 Å². The molecule has 0 bridgehead atoms. The number of aliphatic imine (C=N–C) groups is 1. The van der Waals surface area contributed by atoms with Gasteiger partial charge in [-0.1, -0.05) is 26.2 Å². The second-order valence-corrected chi connectivity index (χ2v) is 6.05. The molecule has 0 saturated carbocycles. The van der Waals surface area contributed by atoms with Crippen LogP contribution >= 0.6 is 0 Å². The molecule has 1 aromatic heterocycles. The van der Waals surface area contributed by atoms with Gasteiger partial charge in [0.2, 0.25) is 0 Å². The largest absolute Gasteiger partial charge is 0.459 e. The van der Waals surface area contributed by atoms with Crippen LogP contribution < -0.4 is 5.32 Å². The molecule has 6 nitrogen and oxygen atoms in total. The average Bonchev–Trinajstić information content (AvgIpc) is 3.15. The fourth-order valence-electron chi connectivity index (χ4n) is 2.83. The van der Waals surface area contributed by atoms with Crippen LogP contribution in [-0.2, 0) is 0 Å². The van der Waals surface area contributed by atoms with Gasteiger partial charge in [0.15, 0.2) is 11.7 Å². The van der Waals surface area contributed by atoms with Crippen LogP contribution in [0.15, 0.2) is 27.8 Å². The van der Waals surface area contributed by atoms with E-state index in [9.17, 15) is 4.79 Å². The molecule has 0 radical (unpaired) electrons. The average molecular weight is 334 g/mol. The summed E-state index contributed by atoms with van der Waals surface area (Å²) < 4.78 is 5.21. The molecular weight excluding hydrogens is 304 g/mol. The molecule has 1 saturated heterocycles. The smallest absolute Gasteiger partial charge is 0.289 e. The van der Waals surface area contributed by atoms with Crippen molar-refractivity contribution in [3.8, 4) is 0 Å². The molecule has 1 amide bonds. The molecule has 0 aromatic carbocycles. The van der Waals surface area contributed by atoms with Crippen molar-refractivity contribution in [2.24, 2.45) is 4.99 Å². The van der Waals surface area contributed by atoms with Crippen molar-refractivity contribution in [3.63, 3.8) is 0 Å². The first-order valence-electron chi connectivity index (χ1n) is 9.12. The molecule has 0 unspecified atom stereocenters. The Bertz CT molecular complexity index is 505. The van der Waals surface area contributed by atoms with E-state index in [1.54, 1.807) is 12.1 Å². The molecular formula is C18H30N4O2. The summed E-state index contributed by atoms with van der Waals surface area (Å²) in [5, 5.41) is 3.37. The first-order valence-corrected chi connectivity index (χ1v) is 9.12. The van der Waals surface area contributed by atoms with Crippen LogP contribution in [0.4, 0.5) is 0 Å². The van der Waals surface area contributed by atoms with Crippen molar-refractivity contribution in [1.29, 1.82) is 0 Å². The molecule has 1 aliphatic heterocycles. The molecule has 1 aliphatic rings. The van der Waals surface area contributed by atoms with Gasteiger partial charge in [0, 0.05) is 39.3 Å². The van der Waals surface area contributed by atoms with Crippen molar-refractivity contribution in [2.45, 2.75) is 39.5 Å². The van der Waals surface area contributed by atoms with Crippen molar-refractivity contribution < 1.29 is 9.21 Å². The van der Waals surface area contributed by atoms with Crippen LogP contribution in [0.3, 0.4) is 0 Å². The summed E-state index contributed by atoms with van der Waals surface area (Å²) in [6.07, 6.45) is 6.44. The summed E-state index contributed by atoms with van der Waals surface area (Å²) in [5.74, 6) is 1.36. The molecule has 0 spiro atoms. The zero-order valence-electron chi connectivity index (χ0n) is 15.0. The van der Waals surface area contributed by atoms with E-state index in [-0.39, 0.29) is 5.91 Å². The Morgan fingerprint density at radius 3 is 2.54 bits per heavy atom. The number of unbranched alkanes of at least 4 members (excludes halogenated alkanes) is 3. The second-order valence-electron chi connectivity index (χ2n) is 6.05. The van der Waals surface area contributed by atoms with Gasteiger partial charge in [0.25, 0.3) is 5.91 Å². The topological polar surface area (TPSA) is 61.1 Å². The van der Waals surface area contributed by atoms with Gasteiger partial charge in [0.1, 0.15) is 0 Å². The Hall–Kier alpha value is -1.98. The second kappa shape index (κ2) is 10.0. The summed E-state index contributed by atoms with van der Waals surface area (Å²) in [4.78, 5) is 21.1. The number of nitrogens with one attached hydrogen (secondary N) is 1. The van der Waals surface area contributed by atoms with Crippen LogP contribution in [0.5, 0.6) is 0 Å². The highest BCUT2D eigenvalue weighted by atomic mass is 16.3. The van der Waals surface area contributed by atoms with Crippen molar-refractivity contribution in [1.82, 2.24) is 15.1 Å². The molecule has 0 aliphatic carbocycles. The molecule has 2 rings (SSSR count). The zero-order valence-corrected chi connectivity index (χ0v) is 15.0. The zero-order chi connectivity index (χ0) is 17.2. The van der Waals surface area contributed by atoms with E-state index in [0.717, 1.165) is 38.6 Å². The minimum Gasteiger partial charge on any atom is -0.459 e. The van der Waals surface area contributed by atoms with Gasteiger partial charge >= 0.3 is 0 Å². The maximum atomic E-state index is 12.3. The number of furan rings is 1. The van der Waals surface area contributed by atoms with Crippen LogP contribution in [0, 0.1) is 0 Å². The Morgan fingerprint density at radius 2 is 1.92 bits per heavy atom. The van der Waals surface area contributed by atoms with Gasteiger partial charge < -0.3 is 19.5 Å². The molecule has 24 heavy (non-hydrogen) atoms. The van der Waals surface area contributed by atoms with Gasteiger partial charge in [-0.2, -0.15) is 0 Å². The van der Waals surface area contributed by atoms with Gasteiger partial charge in [0.05, 0.1) is 6.26 Å². The normalized spacial score (nSPS) is 15.7. The number of rotatable bonds is 7. The van der Waals surface area contributed by atoms with Crippen molar-refractivity contribution in [3.05, 3.63) is 24.2 Å². The number of amides is 1. The van der Waals surface area contributed by atoms with Gasteiger partial charge in [-0.3, -0.25) is 9.79 Å². The molecule has 1 fully saturated rings. The third-order valence-corrected chi connectivity index (χ3v) is 4.21. The number of hydrogen-bond acceptors (Lipinski definition) is 3. The monoisotopic (exact) mass is 334 g/mol. The van der Waals surface area contributed by atoms with Crippen LogP contribution in [0.1, 0.15) is 50.1 Å². The molecule has 6 heteroatoms. The van der Waals surface area contributed by atoms with E-state index in [0.29, 0.717) is 18.8 Å². The van der Waals surface area contributed by atoms with Gasteiger partial charge in [-0.15, -0.1) is 0 Å². The molecule has 1 N–H and O–H groups in total. The number of nitrogens with zero attached hydrogens (tertiary/aromatic N) is 3. The molecule has 1 aromatic rings. The van der Waals surface area contributed by atoms with Crippen molar-refractivity contribution >= 4 is 11.9 Å². The van der Waals surface area contributed by atoms with Crippen LogP contribution in [-0.4, -0.2) is 60.9 Å². The third-order valence-electron chi connectivity index (χ3n) is 4.21. The number of hydrogen-bond donors (Lipinski definition) is 1. The lowest BCUT2D eigenvalue weighted by atomic mass is 10.2. The van der Waals surface area contributed by atoms with E-state index >= 15 is 0 Å². The predicted octanol–water partition coefficient (Wildman–Crippen LogP) is 2.58. The quantitative estimate of drug-likeness (QED) is 0.473. The fourth-order valence-corrected chi connectivity index (χ4v) is 2.83. The lowest BCUT2D eigenvalue weighted by Crippen LogP contribution is -2.53. The summed E-state index contributed by atoms with van der Waals surface area (Å²) in [5.41, 5.74) is 0. The Morgan fingerprint density at radius 1 is 1.17 bits per heavy atom. The highest BCUT2D eigenvalue weighted by molar-refractivity contribution is 5.91. The van der Waals surface area contributed by atoms with Gasteiger partial charge in [-0.25, -0.2) is 0 Å². The first kappa shape index (κ1) is 18.4. The maximum absolute atomic E-state index is 12.3. The SMILES string of the molecule is CCCCCCN=C(NCC)N1CCN(C(=O)c2ccco2)CC1. The standard InChI is InChI=1S/C18H30N4O2/c1-3-5-6-7-10-20-18(19-4-2)22-13-11-21(12-14-22)17(23)16-9-8-15-24-16/h8-9,15H,3-7,10-14H2,1-2H3,(H,19,20). The van der Waals surface area contributed by atoms with E-state index < -0.39 is 0 Å². The van der Waals surface area contributed by atoms with E-state index in [1.807, 2.05) is 4.90 Å². The number of piperazine rings is 1. The summed E-state index contributed by atoms with van der Waals surface area (Å²) in [6, 6.07) is 3.47. The van der Waals surface area contributed by atoms with Crippen molar-refractivity contribution in [2.75, 3.05) is 39.3 Å². The predicted molar refractivity (Wildman–Crippen MR) is 96.3 cm³/mol. The van der Waals surface area contributed by atoms with E-state index in [1.165, 1.54) is 25.5 Å². The Labute approximate surface area is 144 Å². The number of carbonyl (C=O) groups excluding carboxylic acids is 1. The maximum Gasteiger partial charge on any atom is 0.289 e. The molecule has 2 heterocycles. The van der Waals surface area contributed by atoms with Gasteiger partial charge in [-0.05, 0) is 25.5 Å². The highest BCUT2D eigenvalue weighted by Gasteiger charge is 2.24. The fraction of sp³-hybridized carbons (Fsp3) is 0.667. The minimum absolute atomic E-state index is 0.0267. The summed E-state index contributed by atoms with van der Waals surface area (Å²) >= 11 is 0.